The van der Waals surface area contributed by atoms with Gasteiger partial charge in [0.2, 0.25) is 0 Å². The number of esters is 1. The van der Waals surface area contributed by atoms with Gasteiger partial charge in [-0.2, -0.15) is 0 Å². The second kappa shape index (κ2) is 9.28. The van der Waals surface area contributed by atoms with Crippen LogP contribution < -0.4 is 14.8 Å². The minimum Gasteiger partial charge on any atom is -0.489 e. The average Bonchev–Trinajstić information content (AvgIpc) is 2.93. The third-order valence-corrected chi connectivity index (χ3v) is 4.21. The Balaban J connectivity index is 1.69. The first-order valence-corrected chi connectivity index (χ1v) is 9.30. The third-order valence-electron chi connectivity index (χ3n) is 3.93. The molecular formula is C21H20ClNO5. The van der Waals surface area contributed by atoms with E-state index in [1.54, 1.807) is 49.4 Å². The van der Waals surface area contributed by atoms with E-state index in [0.717, 1.165) is 12.0 Å². The lowest BCUT2D eigenvalue weighted by atomic mass is 10.1. The maximum absolute atomic E-state index is 12.6. The van der Waals surface area contributed by atoms with E-state index in [1.165, 1.54) is 6.08 Å². The van der Waals surface area contributed by atoms with E-state index in [2.05, 4.69) is 5.32 Å². The van der Waals surface area contributed by atoms with Gasteiger partial charge in [-0.25, -0.2) is 4.79 Å². The molecule has 1 amide bonds. The minimum absolute atomic E-state index is 0.313. The Labute approximate surface area is 168 Å². The molecule has 7 heteroatoms. The fourth-order valence-corrected chi connectivity index (χ4v) is 2.86. The van der Waals surface area contributed by atoms with Gasteiger partial charge in [-0.15, -0.1) is 0 Å². The van der Waals surface area contributed by atoms with Crippen LogP contribution in [0.5, 0.6) is 11.5 Å². The second-order valence-electron chi connectivity index (χ2n) is 6.00. The predicted molar refractivity (Wildman–Crippen MR) is 107 cm³/mol. The number of fused-ring (bicyclic) bond motifs is 1. The first-order chi connectivity index (χ1) is 13.6. The summed E-state index contributed by atoms with van der Waals surface area (Å²) in [7, 11) is 0. The van der Waals surface area contributed by atoms with Crippen molar-refractivity contribution in [2.24, 2.45) is 0 Å². The molecule has 1 heterocycles. The molecule has 28 heavy (non-hydrogen) atoms. The number of hydrogen-bond acceptors (Lipinski definition) is 5. The molecule has 3 rings (SSSR count). The molecule has 1 aliphatic rings. The van der Waals surface area contributed by atoms with Gasteiger partial charge in [0, 0.05) is 23.7 Å². The van der Waals surface area contributed by atoms with Crippen LogP contribution in [0.2, 0.25) is 5.02 Å². The van der Waals surface area contributed by atoms with Gasteiger partial charge in [0.25, 0.3) is 5.91 Å². The van der Waals surface area contributed by atoms with Crippen molar-refractivity contribution in [2.45, 2.75) is 13.3 Å². The number of carbonyl (C=O) groups is 2. The number of anilines is 1. The molecule has 0 spiro atoms. The largest absolute Gasteiger partial charge is 0.489 e. The van der Waals surface area contributed by atoms with Gasteiger partial charge >= 0.3 is 5.97 Å². The number of carbonyl (C=O) groups excluding carboxylic acids is 2. The molecule has 0 bridgehead atoms. The molecule has 0 saturated carbocycles. The minimum atomic E-state index is -0.397. The van der Waals surface area contributed by atoms with Gasteiger partial charge in [0.15, 0.2) is 11.5 Å². The molecule has 0 unspecified atom stereocenters. The van der Waals surface area contributed by atoms with Crippen LogP contribution in [0, 0.1) is 0 Å². The van der Waals surface area contributed by atoms with E-state index in [0.29, 0.717) is 47.6 Å². The summed E-state index contributed by atoms with van der Waals surface area (Å²) >= 11 is 6.24. The summed E-state index contributed by atoms with van der Waals surface area (Å²) in [6, 6.07) is 10.2. The zero-order chi connectivity index (χ0) is 19.9. The molecule has 0 fully saturated rings. The number of ether oxygens (including phenoxy) is 3. The molecule has 2 aromatic rings. The van der Waals surface area contributed by atoms with Crippen molar-refractivity contribution in [3.63, 3.8) is 0 Å². The fourth-order valence-electron chi connectivity index (χ4n) is 2.60. The number of halogens is 1. The maximum atomic E-state index is 12.6. The van der Waals surface area contributed by atoms with Crippen LogP contribution in [-0.4, -0.2) is 31.7 Å². The van der Waals surface area contributed by atoms with Gasteiger partial charge < -0.3 is 19.5 Å². The van der Waals surface area contributed by atoms with Crippen LogP contribution in [0.1, 0.15) is 29.3 Å². The van der Waals surface area contributed by atoms with E-state index in [9.17, 15) is 9.59 Å². The van der Waals surface area contributed by atoms with Crippen molar-refractivity contribution in [2.75, 3.05) is 25.1 Å². The third kappa shape index (κ3) is 5.04. The second-order valence-corrected chi connectivity index (χ2v) is 6.40. The summed E-state index contributed by atoms with van der Waals surface area (Å²) in [5, 5.41) is 3.15. The number of nitrogens with one attached hydrogen (secondary N) is 1. The smallest absolute Gasteiger partial charge is 0.330 e. The van der Waals surface area contributed by atoms with E-state index in [1.807, 2.05) is 0 Å². The average molecular weight is 402 g/mol. The first-order valence-electron chi connectivity index (χ1n) is 8.92. The molecule has 2 aromatic carbocycles. The summed E-state index contributed by atoms with van der Waals surface area (Å²) in [4.78, 5) is 23.9. The van der Waals surface area contributed by atoms with Gasteiger partial charge in [0.1, 0.15) is 0 Å². The van der Waals surface area contributed by atoms with Crippen LogP contribution in [0.15, 0.2) is 42.5 Å². The molecule has 0 atom stereocenters. The number of rotatable bonds is 5. The number of benzene rings is 2. The molecule has 0 saturated heterocycles. The van der Waals surface area contributed by atoms with E-state index >= 15 is 0 Å². The van der Waals surface area contributed by atoms with E-state index in [-0.39, 0.29) is 5.91 Å². The molecule has 1 aliphatic heterocycles. The van der Waals surface area contributed by atoms with E-state index < -0.39 is 5.97 Å². The standard InChI is InChI=1S/C21H20ClNO5/c1-2-26-19(24)9-6-14-4-7-16(8-5-14)23-21(25)15-12-17(22)20-18(13-15)27-10-3-11-28-20/h4-9,12-13H,2-3,10-11H2,1H3,(H,23,25)/b9-6+. The Morgan fingerprint density at radius 2 is 1.93 bits per heavy atom. The number of hydrogen-bond donors (Lipinski definition) is 1. The maximum Gasteiger partial charge on any atom is 0.330 e. The summed E-state index contributed by atoms with van der Waals surface area (Å²) < 4.78 is 16.0. The van der Waals surface area contributed by atoms with Crippen LogP contribution in [-0.2, 0) is 9.53 Å². The van der Waals surface area contributed by atoms with Gasteiger partial charge in [-0.05, 0) is 42.8 Å². The molecular weight excluding hydrogens is 382 g/mol. The zero-order valence-corrected chi connectivity index (χ0v) is 16.1. The number of amides is 1. The predicted octanol–water partition coefficient (Wildman–Crippen LogP) is 4.33. The van der Waals surface area contributed by atoms with Gasteiger partial charge in [-0.1, -0.05) is 23.7 Å². The lowest BCUT2D eigenvalue weighted by molar-refractivity contribution is -0.137. The van der Waals surface area contributed by atoms with Crippen molar-refractivity contribution >= 4 is 35.2 Å². The molecule has 146 valence electrons. The van der Waals surface area contributed by atoms with Gasteiger partial charge in [-0.3, -0.25) is 4.79 Å². The van der Waals surface area contributed by atoms with Gasteiger partial charge in [0.05, 0.1) is 24.8 Å². The summed E-state index contributed by atoms with van der Waals surface area (Å²) in [6.07, 6.45) is 3.76. The fraction of sp³-hybridized carbons (Fsp3) is 0.238. The van der Waals surface area contributed by atoms with Crippen molar-refractivity contribution < 1.29 is 23.8 Å². The molecule has 1 N–H and O–H groups in total. The summed E-state index contributed by atoms with van der Waals surface area (Å²) in [5.41, 5.74) is 1.80. The summed E-state index contributed by atoms with van der Waals surface area (Å²) in [6.45, 7) is 3.11. The van der Waals surface area contributed by atoms with Crippen molar-refractivity contribution in [3.8, 4) is 11.5 Å². The molecule has 6 nitrogen and oxygen atoms in total. The van der Waals surface area contributed by atoms with Crippen molar-refractivity contribution in [1.82, 2.24) is 0 Å². The molecule has 0 radical (unpaired) electrons. The highest BCUT2D eigenvalue weighted by atomic mass is 35.5. The van der Waals surface area contributed by atoms with Crippen molar-refractivity contribution in [1.29, 1.82) is 0 Å². The Morgan fingerprint density at radius 3 is 2.68 bits per heavy atom. The van der Waals surface area contributed by atoms with Crippen LogP contribution in [0.4, 0.5) is 5.69 Å². The van der Waals surface area contributed by atoms with E-state index in [4.69, 9.17) is 25.8 Å². The first kappa shape index (κ1) is 19.8. The summed E-state index contributed by atoms with van der Waals surface area (Å²) in [5.74, 6) is 0.224. The van der Waals surface area contributed by atoms with Crippen LogP contribution >= 0.6 is 11.6 Å². The van der Waals surface area contributed by atoms with Crippen molar-refractivity contribution in [3.05, 3.63) is 58.6 Å². The highest BCUT2D eigenvalue weighted by Crippen LogP contribution is 2.38. The monoisotopic (exact) mass is 401 g/mol. The van der Waals surface area contributed by atoms with Crippen LogP contribution in [0.3, 0.4) is 0 Å². The highest BCUT2D eigenvalue weighted by Gasteiger charge is 2.18. The lowest BCUT2D eigenvalue weighted by Crippen LogP contribution is -2.12. The lowest BCUT2D eigenvalue weighted by Gasteiger charge is -2.12. The normalized spacial score (nSPS) is 13.1. The highest BCUT2D eigenvalue weighted by molar-refractivity contribution is 6.32. The zero-order valence-electron chi connectivity index (χ0n) is 15.4. The SMILES string of the molecule is CCOC(=O)/C=C/c1ccc(NC(=O)c2cc(Cl)c3c(c2)OCCCO3)cc1. The molecule has 0 aromatic heterocycles. The Morgan fingerprint density at radius 1 is 1.18 bits per heavy atom. The molecule has 0 aliphatic carbocycles. The quantitative estimate of drug-likeness (QED) is 0.596. The Hall–Kier alpha value is -2.99. The van der Waals surface area contributed by atoms with Crippen LogP contribution in [0.25, 0.3) is 6.08 Å². The Bertz CT molecular complexity index is 892. The topological polar surface area (TPSA) is 73.9 Å². The Kier molecular flexibility index (Phi) is 6.55.